The average molecular weight is 312 g/mol. The lowest BCUT2D eigenvalue weighted by Crippen LogP contribution is -1.99. The van der Waals surface area contributed by atoms with Crippen LogP contribution in [0.2, 0.25) is 0 Å². The first-order chi connectivity index (χ1) is 11.2. The van der Waals surface area contributed by atoms with E-state index in [0.29, 0.717) is 6.42 Å². The highest BCUT2D eigenvalue weighted by Gasteiger charge is 2.13. The van der Waals surface area contributed by atoms with Gasteiger partial charge in [-0.05, 0) is 25.5 Å². The van der Waals surface area contributed by atoms with E-state index in [0.717, 1.165) is 29.8 Å². The van der Waals surface area contributed by atoms with Crippen LogP contribution in [0.4, 0.5) is 0 Å². The predicted octanol–water partition coefficient (Wildman–Crippen LogP) is 5.50. The zero-order valence-corrected chi connectivity index (χ0v) is 14.4. The molecule has 0 bridgehead atoms. The number of Topliss-reactive ketones (excluding diaryl/α,β-unsaturated/α-hetero) is 1. The number of para-hydroxylation sites is 1. The van der Waals surface area contributed by atoms with Gasteiger partial charge < -0.3 is 0 Å². The standard InChI is InChI=1S/C20H28N2O/c1-3-4-5-6-7-8-12-15-20(23)19-16-22(21-17(19)2)18-13-10-9-11-14-18/h9-11,13-14,16H,3-8,12,15H2,1-2H3. The van der Waals surface area contributed by atoms with Gasteiger partial charge in [0.1, 0.15) is 0 Å². The molecule has 0 saturated heterocycles. The highest BCUT2D eigenvalue weighted by atomic mass is 16.1. The maximum absolute atomic E-state index is 12.4. The Morgan fingerprint density at radius 1 is 1.00 bits per heavy atom. The summed E-state index contributed by atoms with van der Waals surface area (Å²) in [6.45, 7) is 4.15. The molecule has 23 heavy (non-hydrogen) atoms. The van der Waals surface area contributed by atoms with E-state index >= 15 is 0 Å². The number of hydrogen-bond donors (Lipinski definition) is 0. The lowest BCUT2D eigenvalue weighted by molar-refractivity contribution is 0.0978. The quantitative estimate of drug-likeness (QED) is 0.428. The van der Waals surface area contributed by atoms with E-state index in [9.17, 15) is 4.79 Å². The van der Waals surface area contributed by atoms with Crippen molar-refractivity contribution >= 4 is 5.78 Å². The number of aromatic nitrogens is 2. The second-order valence-electron chi connectivity index (χ2n) is 6.20. The largest absolute Gasteiger partial charge is 0.294 e. The Morgan fingerprint density at radius 3 is 2.35 bits per heavy atom. The minimum Gasteiger partial charge on any atom is -0.294 e. The van der Waals surface area contributed by atoms with E-state index in [4.69, 9.17) is 0 Å². The summed E-state index contributed by atoms with van der Waals surface area (Å²) in [4.78, 5) is 12.4. The SMILES string of the molecule is CCCCCCCCCC(=O)c1cn(-c2ccccc2)nc1C. The topological polar surface area (TPSA) is 34.9 Å². The summed E-state index contributed by atoms with van der Waals surface area (Å²) in [5.41, 5.74) is 2.58. The molecule has 0 aliphatic heterocycles. The highest BCUT2D eigenvalue weighted by molar-refractivity contribution is 5.96. The van der Waals surface area contributed by atoms with Crippen molar-refractivity contribution in [1.29, 1.82) is 0 Å². The van der Waals surface area contributed by atoms with Gasteiger partial charge >= 0.3 is 0 Å². The van der Waals surface area contributed by atoms with Crippen LogP contribution in [0.25, 0.3) is 5.69 Å². The fraction of sp³-hybridized carbons (Fsp3) is 0.500. The van der Waals surface area contributed by atoms with Crippen LogP contribution < -0.4 is 0 Å². The van der Waals surface area contributed by atoms with Crippen LogP contribution in [-0.2, 0) is 0 Å². The van der Waals surface area contributed by atoms with Gasteiger partial charge in [0.25, 0.3) is 0 Å². The number of unbranched alkanes of at least 4 members (excludes halogenated alkanes) is 6. The van der Waals surface area contributed by atoms with Crippen molar-refractivity contribution in [1.82, 2.24) is 9.78 Å². The third-order valence-electron chi connectivity index (χ3n) is 4.23. The number of nitrogens with zero attached hydrogens (tertiary/aromatic N) is 2. The van der Waals surface area contributed by atoms with Gasteiger partial charge in [-0.25, -0.2) is 4.68 Å². The number of hydrogen-bond acceptors (Lipinski definition) is 2. The van der Waals surface area contributed by atoms with Gasteiger partial charge in [0.2, 0.25) is 0 Å². The van der Waals surface area contributed by atoms with Crippen molar-refractivity contribution in [2.24, 2.45) is 0 Å². The fourth-order valence-corrected chi connectivity index (χ4v) is 2.82. The molecule has 1 aromatic carbocycles. The first-order valence-electron chi connectivity index (χ1n) is 8.87. The summed E-state index contributed by atoms with van der Waals surface area (Å²) < 4.78 is 1.80. The first kappa shape index (κ1) is 17.5. The van der Waals surface area contributed by atoms with Crippen LogP contribution in [0.15, 0.2) is 36.5 Å². The van der Waals surface area contributed by atoms with Crippen LogP contribution in [0, 0.1) is 6.92 Å². The Hall–Kier alpha value is -1.90. The van der Waals surface area contributed by atoms with Gasteiger partial charge in [-0.15, -0.1) is 0 Å². The molecule has 0 atom stereocenters. The number of benzene rings is 1. The molecule has 0 fully saturated rings. The molecule has 0 aliphatic carbocycles. The molecule has 0 unspecified atom stereocenters. The summed E-state index contributed by atoms with van der Waals surface area (Å²) in [5, 5.41) is 4.48. The van der Waals surface area contributed by atoms with E-state index in [-0.39, 0.29) is 5.78 Å². The number of rotatable bonds is 10. The molecule has 3 nitrogen and oxygen atoms in total. The number of aryl methyl sites for hydroxylation is 1. The number of carbonyl (C=O) groups is 1. The molecule has 0 N–H and O–H groups in total. The summed E-state index contributed by atoms with van der Waals surface area (Å²) >= 11 is 0. The molecule has 2 rings (SSSR count). The molecule has 2 aromatic rings. The van der Waals surface area contributed by atoms with Gasteiger partial charge in [-0.3, -0.25) is 4.79 Å². The molecule has 3 heteroatoms. The van der Waals surface area contributed by atoms with Crippen molar-refractivity contribution in [3.05, 3.63) is 47.8 Å². The molecule has 0 saturated carbocycles. The van der Waals surface area contributed by atoms with E-state index in [2.05, 4.69) is 12.0 Å². The highest BCUT2D eigenvalue weighted by Crippen LogP contribution is 2.16. The molecular formula is C20H28N2O. The Kier molecular flexibility index (Phi) is 7.05. The maximum atomic E-state index is 12.4. The number of carbonyl (C=O) groups excluding carboxylic acids is 1. The van der Waals surface area contributed by atoms with Crippen molar-refractivity contribution in [2.45, 2.75) is 65.2 Å². The normalized spacial score (nSPS) is 10.9. The Morgan fingerprint density at radius 2 is 1.65 bits per heavy atom. The van der Waals surface area contributed by atoms with Crippen LogP contribution in [0.1, 0.15) is 74.3 Å². The first-order valence-corrected chi connectivity index (χ1v) is 8.87. The predicted molar refractivity (Wildman–Crippen MR) is 95.2 cm³/mol. The summed E-state index contributed by atoms with van der Waals surface area (Å²) in [6, 6.07) is 9.93. The van der Waals surface area contributed by atoms with Crippen molar-refractivity contribution in [2.75, 3.05) is 0 Å². The smallest absolute Gasteiger partial charge is 0.166 e. The molecule has 124 valence electrons. The van der Waals surface area contributed by atoms with Crippen LogP contribution in [-0.4, -0.2) is 15.6 Å². The van der Waals surface area contributed by atoms with Gasteiger partial charge in [-0.2, -0.15) is 5.10 Å². The van der Waals surface area contributed by atoms with E-state index in [1.165, 1.54) is 32.1 Å². The molecule has 0 radical (unpaired) electrons. The molecule has 1 heterocycles. The second-order valence-corrected chi connectivity index (χ2v) is 6.20. The molecule has 0 spiro atoms. The second kappa shape index (κ2) is 9.29. The molecule has 0 aliphatic rings. The third-order valence-corrected chi connectivity index (χ3v) is 4.23. The van der Waals surface area contributed by atoms with Gasteiger partial charge in [0.15, 0.2) is 5.78 Å². The Bertz CT molecular complexity index is 601. The summed E-state index contributed by atoms with van der Waals surface area (Å²) in [5.74, 6) is 0.221. The van der Waals surface area contributed by atoms with Gasteiger partial charge in [0.05, 0.1) is 16.9 Å². The average Bonchev–Trinajstić information content (AvgIpc) is 2.96. The summed E-state index contributed by atoms with van der Waals surface area (Å²) in [6.07, 6.45) is 11.1. The molecule has 0 amide bonds. The molecule has 1 aromatic heterocycles. The lowest BCUT2D eigenvalue weighted by Gasteiger charge is -2.01. The molecular weight excluding hydrogens is 284 g/mol. The van der Waals surface area contributed by atoms with Gasteiger partial charge in [0, 0.05) is 12.6 Å². The van der Waals surface area contributed by atoms with Crippen molar-refractivity contribution < 1.29 is 4.79 Å². The lowest BCUT2D eigenvalue weighted by atomic mass is 10.0. The summed E-state index contributed by atoms with van der Waals surface area (Å²) in [7, 11) is 0. The van der Waals surface area contributed by atoms with Crippen molar-refractivity contribution in [3.8, 4) is 5.69 Å². The van der Waals surface area contributed by atoms with Crippen LogP contribution in [0.5, 0.6) is 0 Å². The van der Waals surface area contributed by atoms with Gasteiger partial charge in [-0.1, -0.05) is 63.6 Å². The zero-order chi connectivity index (χ0) is 16.5. The minimum atomic E-state index is 0.221. The van der Waals surface area contributed by atoms with Crippen LogP contribution in [0.3, 0.4) is 0 Å². The monoisotopic (exact) mass is 312 g/mol. The Labute approximate surface area is 139 Å². The minimum absolute atomic E-state index is 0.221. The number of ketones is 1. The van der Waals surface area contributed by atoms with E-state index < -0.39 is 0 Å². The van der Waals surface area contributed by atoms with Crippen molar-refractivity contribution in [3.63, 3.8) is 0 Å². The van der Waals surface area contributed by atoms with E-state index in [1.54, 1.807) is 4.68 Å². The van der Waals surface area contributed by atoms with E-state index in [1.807, 2.05) is 43.5 Å². The maximum Gasteiger partial charge on any atom is 0.166 e. The Balaban J connectivity index is 1.82. The fourth-order valence-electron chi connectivity index (χ4n) is 2.82. The third kappa shape index (κ3) is 5.34. The van der Waals surface area contributed by atoms with Crippen LogP contribution >= 0.6 is 0 Å². The zero-order valence-electron chi connectivity index (χ0n) is 14.4.